The van der Waals surface area contributed by atoms with Crippen molar-refractivity contribution in [1.29, 1.82) is 0 Å². The molecule has 0 aromatic heterocycles. The molecule has 0 spiro atoms. The summed E-state index contributed by atoms with van der Waals surface area (Å²) in [7, 11) is 0. The van der Waals surface area contributed by atoms with Crippen LogP contribution in [0.1, 0.15) is 58.4 Å². The Morgan fingerprint density at radius 1 is 1.20 bits per heavy atom. The molecule has 6 heteroatoms. The first-order chi connectivity index (χ1) is 12.0. The molecule has 0 aliphatic heterocycles. The fraction of sp³-hybridized carbons (Fsp3) is 0.526. The number of rotatable bonds is 11. The Hall–Kier alpha value is -2.37. The van der Waals surface area contributed by atoms with Crippen LogP contribution in [-0.2, 0) is 9.63 Å². The van der Waals surface area contributed by atoms with E-state index in [1.165, 1.54) is 25.3 Å². The van der Waals surface area contributed by atoms with Gasteiger partial charge in [0.15, 0.2) is 5.34 Å². The van der Waals surface area contributed by atoms with Gasteiger partial charge in [0.25, 0.3) is 0 Å². The van der Waals surface area contributed by atoms with Crippen LogP contribution >= 0.6 is 0 Å². The smallest absolute Gasteiger partial charge is 0.328 e. The average molecular weight is 351 g/mol. The van der Waals surface area contributed by atoms with Crippen molar-refractivity contribution >= 4 is 12.0 Å². The minimum absolute atomic E-state index is 0.00986. The minimum atomic E-state index is -0.945. The number of carboxylic acid groups (broad SMARTS) is 1. The molecule has 0 aliphatic carbocycles. The van der Waals surface area contributed by atoms with Crippen LogP contribution in [0.5, 0.6) is 5.75 Å². The molecule has 140 valence electrons. The first-order valence-corrected chi connectivity index (χ1v) is 8.65. The van der Waals surface area contributed by atoms with Gasteiger partial charge < -0.3 is 14.7 Å². The van der Waals surface area contributed by atoms with Gasteiger partial charge in [0.2, 0.25) is 0 Å². The van der Waals surface area contributed by atoms with E-state index in [-0.39, 0.29) is 6.10 Å². The van der Waals surface area contributed by atoms with Gasteiger partial charge in [-0.1, -0.05) is 38.3 Å². The molecule has 0 bridgehead atoms. The molecule has 0 aliphatic rings. The summed E-state index contributed by atoms with van der Waals surface area (Å²) in [6.07, 6.45) is 8.43. The number of aliphatic carboxylic acids is 1. The van der Waals surface area contributed by atoms with Gasteiger partial charge in [-0.25, -0.2) is 4.79 Å². The van der Waals surface area contributed by atoms with Gasteiger partial charge >= 0.3 is 5.97 Å². The van der Waals surface area contributed by atoms with Crippen LogP contribution in [0.25, 0.3) is 6.08 Å². The molecular weight excluding hydrogens is 322 g/mol. The van der Waals surface area contributed by atoms with Crippen molar-refractivity contribution in [3.05, 3.63) is 40.8 Å². The quantitative estimate of drug-likeness (QED) is 0.255. The molecule has 1 aromatic rings. The van der Waals surface area contributed by atoms with Gasteiger partial charge in [-0.2, -0.15) is 0 Å². The largest absolute Gasteiger partial charge is 0.494 e. The number of unbranched alkanes of at least 4 members (excludes halogenated alkanes) is 3. The maximum absolute atomic E-state index is 10.2. The molecule has 1 aromatic carbocycles. The maximum Gasteiger partial charge on any atom is 0.328 e. The highest BCUT2D eigenvalue weighted by Gasteiger charge is 2.01. The van der Waals surface area contributed by atoms with Gasteiger partial charge in [-0.3, -0.25) is 0 Å². The fourth-order valence-corrected chi connectivity index (χ4v) is 1.99. The molecule has 0 saturated carbocycles. The maximum atomic E-state index is 10.2. The highest BCUT2D eigenvalue weighted by molar-refractivity contribution is 5.85. The summed E-state index contributed by atoms with van der Waals surface area (Å²) in [4.78, 5) is 24.4. The van der Waals surface area contributed by atoms with Gasteiger partial charge in [-0.05, 0) is 50.5 Å². The van der Waals surface area contributed by atoms with Crippen molar-refractivity contribution in [3.63, 3.8) is 0 Å². The number of ether oxygens (including phenoxy) is 1. The van der Waals surface area contributed by atoms with E-state index in [2.05, 4.69) is 17.1 Å². The van der Waals surface area contributed by atoms with Crippen molar-refractivity contribution in [1.82, 2.24) is 0 Å². The molecule has 1 N–H and O–H groups in total. The summed E-state index contributed by atoms with van der Waals surface area (Å²) < 4.78 is 5.25. The number of hydrogen-bond acceptors (Lipinski definition) is 5. The van der Waals surface area contributed by atoms with Gasteiger partial charge in [0.1, 0.15) is 11.9 Å². The van der Waals surface area contributed by atoms with Crippen molar-refractivity contribution in [2.24, 2.45) is 5.34 Å². The summed E-state index contributed by atoms with van der Waals surface area (Å²) in [5.74, 6) is -0.154. The summed E-state index contributed by atoms with van der Waals surface area (Å²) in [5, 5.41) is 10.8. The lowest BCUT2D eigenvalue weighted by molar-refractivity contribution is -0.131. The molecule has 1 atom stereocenters. The Labute approximate surface area is 149 Å². The Kier molecular flexibility index (Phi) is 13.7. The van der Waals surface area contributed by atoms with Crippen LogP contribution in [-0.4, -0.2) is 23.8 Å². The normalized spacial score (nSPS) is 11.3. The Morgan fingerprint density at radius 3 is 2.40 bits per heavy atom. The van der Waals surface area contributed by atoms with Crippen LogP contribution < -0.4 is 4.74 Å². The average Bonchev–Trinajstić information content (AvgIpc) is 2.59. The van der Waals surface area contributed by atoms with Crippen molar-refractivity contribution < 1.29 is 19.5 Å². The third kappa shape index (κ3) is 13.7. The number of benzene rings is 1. The molecular formula is C19H29NO5. The molecule has 0 amide bonds. The van der Waals surface area contributed by atoms with Crippen LogP contribution in [0.3, 0.4) is 0 Å². The molecule has 1 rings (SSSR count). The SMILES string of the molecule is CCCCCCC(C)ON=O.CCOc1ccc(C=CC(=O)O)cc1. The minimum Gasteiger partial charge on any atom is -0.494 e. The van der Waals surface area contributed by atoms with E-state index in [0.29, 0.717) is 6.61 Å². The van der Waals surface area contributed by atoms with Crippen molar-refractivity contribution in [2.75, 3.05) is 6.61 Å². The summed E-state index contributed by atoms with van der Waals surface area (Å²) in [6, 6.07) is 7.24. The zero-order chi connectivity index (χ0) is 18.9. The Balaban J connectivity index is 0.000000477. The predicted octanol–water partition coefficient (Wildman–Crippen LogP) is 5.23. The summed E-state index contributed by atoms with van der Waals surface area (Å²) in [5.41, 5.74) is 0.843. The number of nitrogens with zero attached hydrogens (tertiary/aromatic N) is 1. The molecule has 0 saturated heterocycles. The van der Waals surface area contributed by atoms with E-state index in [4.69, 9.17) is 9.84 Å². The van der Waals surface area contributed by atoms with Crippen molar-refractivity contribution in [2.45, 2.75) is 59.0 Å². The lowest BCUT2D eigenvalue weighted by atomic mass is 10.1. The van der Waals surface area contributed by atoms with Gasteiger partial charge in [0, 0.05) is 6.08 Å². The molecule has 25 heavy (non-hydrogen) atoms. The Bertz CT molecular complexity index is 499. The van der Waals surface area contributed by atoms with Crippen LogP contribution in [0.15, 0.2) is 35.7 Å². The molecule has 0 radical (unpaired) electrons. The number of carboxylic acids is 1. The predicted molar refractivity (Wildman–Crippen MR) is 99.4 cm³/mol. The standard InChI is InChI=1S/C11H12O3.C8H17NO2/c1-2-14-10-6-3-9(4-7-10)5-8-11(12)13;1-3-4-5-6-7-8(2)11-9-10/h3-8H,2H2,1H3,(H,12,13);8H,3-7H2,1-2H3. The van der Waals surface area contributed by atoms with E-state index in [9.17, 15) is 9.70 Å². The van der Waals surface area contributed by atoms with E-state index in [1.54, 1.807) is 0 Å². The van der Waals surface area contributed by atoms with Crippen molar-refractivity contribution in [3.8, 4) is 5.75 Å². The lowest BCUT2D eigenvalue weighted by Gasteiger charge is -2.05. The van der Waals surface area contributed by atoms with Crippen LogP contribution in [0.4, 0.5) is 0 Å². The lowest BCUT2D eigenvalue weighted by Crippen LogP contribution is -2.02. The second kappa shape index (κ2) is 15.2. The topological polar surface area (TPSA) is 85.2 Å². The van der Waals surface area contributed by atoms with E-state index in [0.717, 1.165) is 30.2 Å². The van der Waals surface area contributed by atoms with Gasteiger partial charge in [0.05, 0.1) is 6.61 Å². The first kappa shape index (κ1) is 22.6. The van der Waals surface area contributed by atoms with Gasteiger partial charge in [-0.15, -0.1) is 4.91 Å². The second-order valence-corrected chi connectivity index (χ2v) is 5.51. The fourth-order valence-electron chi connectivity index (χ4n) is 1.99. The molecule has 0 fully saturated rings. The van der Waals surface area contributed by atoms with E-state index in [1.807, 2.05) is 38.1 Å². The highest BCUT2D eigenvalue weighted by atomic mass is 16.7. The third-order valence-electron chi connectivity index (χ3n) is 3.30. The second-order valence-electron chi connectivity index (χ2n) is 5.51. The number of hydrogen-bond donors (Lipinski definition) is 1. The molecule has 0 heterocycles. The Morgan fingerprint density at radius 2 is 1.88 bits per heavy atom. The monoisotopic (exact) mass is 351 g/mol. The van der Waals surface area contributed by atoms with E-state index < -0.39 is 5.97 Å². The van der Waals surface area contributed by atoms with Crippen LogP contribution in [0, 0.1) is 4.91 Å². The zero-order valence-corrected chi connectivity index (χ0v) is 15.3. The highest BCUT2D eigenvalue weighted by Crippen LogP contribution is 2.12. The zero-order valence-electron chi connectivity index (χ0n) is 15.3. The summed E-state index contributed by atoms with van der Waals surface area (Å²) in [6.45, 7) is 6.59. The molecule has 6 nitrogen and oxygen atoms in total. The number of carbonyl (C=O) groups is 1. The van der Waals surface area contributed by atoms with E-state index >= 15 is 0 Å². The van der Waals surface area contributed by atoms with Crippen LogP contribution in [0.2, 0.25) is 0 Å². The molecule has 1 unspecified atom stereocenters. The summed E-state index contributed by atoms with van der Waals surface area (Å²) >= 11 is 0. The first-order valence-electron chi connectivity index (χ1n) is 8.65. The third-order valence-corrected chi connectivity index (χ3v) is 3.30.